The highest BCUT2D eigenvalue weighted by molar-refractivity contribution is 7.09. The normalized spacial score (nSPS) is 11.5. The van der Waals surface area contributed by atoms with Crippen molar-refractivity contribution in [3.8, 4) is 0 Å². The molecule has 100 valence electrons. The first-order chi connectivity index (χ1) is 9.22. The first kappa shape index (κ1) is 13.4. The largest absolute Gasteiger partial charge is 0.409 e. The Morgan fingerprint density at radius 3 is 3.05 bits per heavy atom. The summed E-state index contributed by atoms with van der Waals surface area (Å²) in [5.74, 6) is 0.0976. The summed E-state index contributed by atoms with van der Waals surface area (Å²) in [4.78, 5) is 7.49. The first-order valence-corrected chi connectivity index (χ1v) is 6.75. The molecule has 2 aromatic heterocycles. The number of pyridine rings is 1. The van der Waals surface area contributed by atoms with E-state index in [1.54, 1.807) is 29.8 Å². The number of anilines is 1. The number of thiophene rings is 1. The van der Waals surface area contributed by atoms with Gasteiger partial charge in [0, 0.05) is 30.2 Å². The maximum Gasteiger partial charge on any atom is 0.172 e. The monoisotopic (exact) mass is 276 g/mol. The summed E-state index contributed by atoms with van der Waals surface area (Å²) in [6.07, 6.45) is 4.31. The van der Waals surface area contributed by atoms with Gasteiger partial charge in [0.2, 0.25) is 0 Å². The lowest BCUT2D eigenvalue weighted by molar-refractivity contribution is 0.318. The number of nitrogens with zero attached hydrogens (tertiary/aromatic N) is 3. The van der Waals surface area contributed by atoms with E-state index < -0.39 is 0 Å². The van der Waals surface area contributed by atoms with E-state index in [0.717, 1.165) is 18.7 Å². The summed E-state index contributed by atoms with van der Waals surface area (Å²) in [5.41, 5.74) is 7.21. The maximum absolute atomic E-state index is 8.80. The Labute approximate surface area is 116 Å². The van der Waals surface area contributed by atoms with Gasteiger partial charge >= 0.3 is 0 Å². The van der Waals surface area contributed by atoms with Crippen LogP contribution in [0.3, 0.4) is 0 Å². The Morgan fingerprint density at radius 2 is 2.37 bits per heavy atom. The Kier molecular flexibility index (Phi) is 4.35. The van der Waals surface area contributed by atoms with Crippen molar-refractivity contribution in [1.29, 1.82) is 0 Å². The number of nitrogens with two attached hydrogens (primary N) is 1. The van der Waals surface area contributed by atoms with Crippen LogP contribution in [-0.2, 0) is 6.42 Å². The van der Waals surface area contributed by atoms with Crippen LogP contribution in [0.2, 0.25) is 0 Å². The summed E-state index contributed by atoms with van der Waals surface area (Å²) in [7, 11) is 1.97. The number of likely N-dealkylation sites (N-methyl/N-ethyl adjacent to an activating group) is 1. The number of oxime groups is 1. The minimum absolute atomic E-state index is 0.0976. The van der Waals surface area contributed by atoms with Gasteiger partial charge in [-0.1, -0.05) is 11.2 Å². The molecule has 0 aliphatic carbocycles. The van der Waals surface area contributed by atoms with Crippen LogP contribution in [0.4, 0.5) is 5.69 Å². The molecular formula is C13H16N4OS. The fourth-order valence-corrected chi connectivity index (χ4v) is 2.51. The lowest BCUT2D eigenvalue weighted by atomic mass is 10.2. The molecule has 0 unspecified atom stereocenters. The van der Waals surface area contributed by atoms with E-state index >= 15 is 0 Å². The Bertz CT molecular complexity index is 554. The second-order valence-corrected chi connectivity index (χ2v) is 5.16. The average Bonchev–Trinajstić information content (AvgIpc) is 2.97. The number of amidine groups is 1. The second-order valence-electron chi connectivity index (χ2n) is 4.13. The van der Waals surface area contributed by atoms with E-state index in [9.17, 15) is 0 Å². The van der Waals surface area contributed by atoms with Crippen molar-refractivity contribution in [1.82, 2.24) is 4.98 Å². The lowest BCUT2D eigenvalue weighted by Gasteiger charge is -2.21. The first-order valence-electron chi connectivity index (χ1n) is 5.88. The van der Waals surface area contributed by atoms with Gasteiger partial charge in [-0.2, -0.15) is 0 Å². The molecular weight excluding hydrogens is 260 g/mol. The molecule has 2 heterocycles. The van der Waals surface area contributed by atoms with Gasteiger partial charge in [0.25, 0.3) is 0 Å². The van der Waals surface area contributed by atoms with Crippen molar-refractivity contribution in [3.05, 3.63) is 46.4 Å². The molecule has 0 saturated heterocycles. The molecule has 0 aliphatic heterocycles. The number of aromatic nitrogens is 1. The molecule has 0 saturated carbocycles. The van der Waals surface area contributed by atoms with Gasteiger partial charge in [0.1, 0.15) is 0 Å². The van der Waals surface area contributed by atoms with Crippen molar-refractivity contribution in [2.45, 2.75) is 6.42 Å². The van der Waals surface area contributed by atoms with Gasteiger partial charge in [-0.15, -0.1) is 11.3 Å². The van der Waals surface area contributed by atoms with Gasteiger partial charge in [-0.3, -0.25) is 4.98 Å². The summed E-state index contributed by atoms with van der Waals surface area (Å²) in [6.45, 7) is 0.845. The second kappa shape index (κ2) is 6.19. The van der Waals surface area contributed by atoms with Crippen LogP contribution in [0, 0.1) is 0 Å². The number of rotatable bonds is 5. The van der Waals surface area contributed by atoms with E-state index in [1.165, 1.54) is 4.88 Å². The minimum atomic E-state index is 0.0976. The van der Waals surface area contributed by atoms with E-state index in [4.69, 9.17) is 10.9 Å². The highest BCUT2D eigenvalue weighted by Crippen LogP contribution is 2.18. The lowest BCUT2D eigenvalue weighted by Crippen LogP contribution is -2.25. The van der Waals surface area contributed by atoms with Crippen molar-refractivity contribution < 1.29 is 5.21 Å². The molecule has 0 bridgehead atoms. The molecule has 0 atom stereocenters. The molecule has 0 aliphatic rings. The Hall–Kier alpha value is -2.08. The third kappa shape index (κ3) is 3.23. The van der Waals surface area contributed by atoms with Gasteiger partial charge < -0.3 is 15.8 Å². The molecule has 0 fully saturated rings. The van der Waals surface area contributed by atoms with E-state index in [1.807, 2.05) is 13.1 Å². The molecule has 19 heavy (non-hydrogen) atoms. The molecule has 6 heteroatoms. The average molecular weight is 276 g/mol. The van der Waals surface area contributed by atoms with E-state index in [0.29, 0.717) is 5.56 Å². The fraction of sp³-hybridized carbons (Fsp3) is 0.231. The third-order valence-electron chi connectivity index (χ3n) is 2.87. The summed E-state index contributed by atoms with van der Waals surface area (Å²) >= 11 is 1.74. The standard InChI is InChI=1S/C13H16N4OS/c1-17(7-5-10-3-2-8-19-10)12-9-15-6-4-11(12)13(14)16-18/h2-4,6,8-9,18H,5,7H2,1H3,(H2,14,16). The highest BCUT2D eigenvalue weighted by Gasteiger charge is 2.11. The van der Waals surface area contributed by atoms with Crippen molar-refractivity contribution in [2.75, 3.05) is 18.5 Å². The van der Waals surface area contributed by atoms with Crippen LogP contribution in [0.1, 0.15) is 10.4 Å². The molecule has 0 amide bonds. The van der Waals surface area contributed by atoms with Crippen LogP contribution >= 0.6 is 11.3 Å². The topological polar surface area (TPSA) is 74.7 Å². The van der Waals surface area contributed by atoms with E-state index in [2.05, 4.69) is 26.5 Å². The van der Waals surface area contributed by atoms with Crippen molar-refractivity contribution in [2.24, 2.45) is 10.9 Å². The molecule has 0 aromatic carbocycles. The van der Waals surface area contributed by atoms with Crippen LogP contribution in [0.25, 0.3) is 0 Å². The van der Waals surface area contributed by atoms with Gasteiger partial charge in [0.05, 0.1) is 11.9 Å². The number of hydrogen-bond donors (Lipinski definition) is 2. The summed E-state index contributed by atoms with van der Waals surface area (Å²) < 4.78 is 0. The van der Waals surface area contributed by atoms with Crippen LogP contribution in [0.15, 0.2) is 41.1 Å². The van der Waals surface area contributed by atoms with E-state index in [-0.39, 0.29) is 5.84 Å². The van der Waals surface area contributed by atoms with Gasteiger partial charge in [-0.25, -0.2) is 0 Å². The van der Waals surface area contributed by atoms with Crippen LogP contribution < -0.4 is 10.6 Å². The fourth-order valence-electron chi connectivity index (χ4n) is 1.81. The zero-order valence-corrected chi connectivity index (χ0v) is 11.5. The molecule has 2 rings (SSSR count). The predicted octanol–water partition coefficient (Wildman–Crippen LogP) is 1.92. The van der Waals surface area contributed by atoms with Crippen molar-refractivity contribution in [3.63, 3.8) is 0 Å². The molecule has 0 spiro atoms. The number of hydrogen-bond acceptors (Lipinski definition) is 5. The minimum Gasteiger partial charge on any atom is -0.409 e. The molecule has 2 aromatic rings. The zero-order valence-electron chi connectivity index (χ0n) is 10.7. The smallest absolute Gasteiger partial charge is 0.172 e. The Morgan fingerprint density at radius 1 is 1.53 bits per heavy atom. The quantitative estimate of drug-likeness (QED) is 0.379. The maximum atomic E-state index is 8.80. The highest BCUT2D eigenvalue weighted by atomic mass is 32.1. The van der Waals surface area contributed by atoms with Crippen LogP contribution in [0.5, 0.6) is 0 Å². The van der Waals surface area contributed by atoms with Crippen LogP contribution in [-0.4, -0.2) is 29.6 Å². The van der Waals surface area contributed by atoms with Crippen molar-refractivity contribution >= 4 is 22.9 Å². The van der Waals surface area contributed by atoms with Gasteiger partial charge in [0.15, 0.2) is 5.84 Å². The molecule has 3 N–H and O–H groups in total. The summed E-state index contributed by atoms with van der Waals surface area (Å²) in [5, 5.41) is 13.9. The molecule has 0 radical (unpaired) electrons. The predicted molar refractivity (Wildman–Crippen MR) is 78.0 cm³/mol. The Balaban J connectivity index is 2.12. The molecule has 5 nitrogen and oxygen atoms in total. The third-order valence-corrected chi connectivity index (χ3v) is 3.80. The zero-order chi connectivity index (χ0) is 13.7. The van der Waals surface area contributed by atoms with Gasteiger partial charge in [-0.05, 0) is 23.9 Å². The summed E-state index contributed by atoms with van der Waals surface area (Å²) in [6, 6.07) is 5.91. The SMILES string of the molecule is CN(CCc1cccs1)c1cnccc1/C(N)=N/O.